The van der Waals surface area contributed by atoms with Crippen molar-refractivity contribution in [2.24, 2.45) is 0 Å². The molecule has 0 aliphatic carbocycles. The van der Waals surface area contributed by atoms with E-state index in [1.165, 1.54) is 0 Å². The number of rotatable bonds is 1. The topological polar surface area (TPSA) is 0 Å². The third kappa shape index (κ3) is 3.22. The fourth-order valence-electron chi connectivity index (χ4n) is 0. The van der Waals surface area contributed by atoms with Gasteiger partial charge in [-0.05, 0) is 5.82 Å². The largest absolute Gasteiger partial charge is 0.301 e. The van der Waals surface area contributed by atoms with E-state index in [9.17, 15) is 0 Å². The summed E-state index contributed by atoms with van der Waals surface area (Å²) in [5, 5.41) is 0. The molecule has 6 heavy (non-hydrogen) atoms. The SMILES string of the molecule is CC(C)B(Br)Br. The summed E-state index contributed by atoms with van der Waals surface area (Å²) < 4.78 is 0.477. The van der Waals surface area contributed by atoms with Crippen molar-refractivity contribution in [2.45, 2.75) is 19.7 Å². The van der Waals surface area contributed by atoms with Crippen molar-refractivity contribution in [1.29, 1.82) is 0 Å². The normalized spacial score (nSPS) is 9.50. The van der Waals surface area contributed by atoms with Crippen LogP contribution in [0.5, 0.6) is 0 Å². The summed E-state index contributed by atoms with van der Waals surface area (Å²) in [7, 11) is 0. The quantitative estimate of drug-likeness (QED) is 0.588. The third-order valence-electron chi connectivity index (χ3n) is 0.504. The van der Waals surface area contributed by atoms with Crippen LogP contribution in [-0.2, 0) is 0 Å². The van der Waals surface area contributed by atoms with Crippen molar-refractivity contribution in [3.8, 4) is 0 Å². The molecule has 0 atom stereocenters. The van der Waals surface area contributed by atoms with Crippen LogP contribution in [0.25, 0.3) is 0 Å². The van der Waals surface area contributed by atoms with Crippen molar-refractivity contribution in [1.82, 2.24) is 0 Å². The van der Waals surface area contributed by atoms with Crippen LogP contribution in [0.4, 0.5) is 0 Å². The molecule has 0 aliphatic heterocycles. The van der Waals surface area contributed by atoms with Crippen molar-refractivity contribution in [2.75, 3.05) is 0 Å². The molecule has 0 aliphatic rings. The lowest BCUT2D eigenvalue weighted by atomic mass is 9.91. The average Bonchev–Trinajstić information content (AvgIpc) is 1.36. The molecule has 36 valence electrons. The van der Waals surface area contributed by atoms with Crippen LogP contribution >= 0.6 is 31.5 Å². The van der Waals surface area contributed by atoms with Gasteiger partial charge >= 0.3 is 4.36 Å². The molecular formula is C3H7BBr2. The zero-order valence-electron chi connectivity index (χ0n) is 3.91. The van der Waals surface area contributed by atoms with E-state index in [0.29, 0.717) is 10.2 Å². The standard InChI is InChI=1S/C3H7BBr2/c1-3(2)4(5)6/h3H,1-2H3. The van der Waals surface area contributed by atoms with Crippen LogP contribution in [0.3, 0.4) is 0 Å². The lowest BCUT2D eigenvalue weighted by molar-refractivity contribution is 1.07. The van der Waals surface area contributed by atoms with Crippen LogP contribution < -0.4 is 0 Å². The smallest absolute Gasteiger partial charge is 0.139 e. The van der Waals surface area contributed by atoms with Gasteiger partial charge in [0.1, 0.15) is 0 Å². The van der Waals surface area contributed by atoms with E-state index in [1.54, 1.807) is 0 Å². The first kappa shape index (κ1) is 7.02. The van der Waals surface area contributed by atoms with Gasteiger partial charge in [0.2, 0.25) is 0 Å². The van der Waals surface area contributed by atoms with Crippen LogP contribution in [0.15, 0.2) is 0 Å². The summed E-state index contributed by atoms with van der Waals surface area (Å²) in [5.74, 6) is 0.685. The Labute approximate surface area is 55.7 Å². The van der Waals surface area contributed by atoms with Crippen molar-refractivity contribution in [3.63, 3.8) is 0 Å². The maximum atomic E-state index is 3.36. The predicted octanol–water partition coefficient (Wildman–Crippen LogP) is 2.67. The molecule has 0 amide bonds. The lowest BCUT2D eigenvalue weighted by Crippen LogP contribution is -1.94. The zero-order chi connectivity index (χ0) is 5.15. The van der Waals surface area contributed by atoms with Crippen LogP contribution in [0, 0.1) is 0 Å². The minimum atomic E-state index is 0.477. The molecule has 0 aromatic heterocycles. The van der Waals surface area contributed by atoms with E-state index < -0.39 is 0 Å². The highest BCUT2D eigenvalue weighted by molar-refractivity contribution is 9.49. The van der Waals surface area contributed by atoms with Gasteiger partial charge in [-0.15, -0.1) is 31.5 Å². The van der Waals surface area contributed by atoms with Gasteiger partial charge in [0.25, 0.3) is 0 Å². The van der Waals surface area contributed by atoms with Gasteiger partial charge in [-0.3, -0.25) is 0 Å². The summed E-state index contributed by atoms with van der Waals surface area (Å²) in [6, 6.07) is 0. The van der Waals surface area contributed by atoms with E-state index in [4.69, 9.17) is 0 Å². The van der Waals surface area contributed by atoms with Crippen molar-refractivity contribution >= 4 is 35.9 Å². The highest BCUT2D eigenvalue weighted by Gasteiger charge is 2.07. The zero-order valence-corrected chi connectivity index (χ0v) is 7.08. The van der Waals surface area contributed by atoms with Gasteiger partial charge in [-0.2, -0.15) is 0 Å². The minimum Gasteiger partial charge on any atom is -0.139 e. The summed E-state index contributed by atoms with van der Waals surface area (Å²) >= 11 is 6.71. The molecule has 0 radical (unpaired) electrons. The lowest BCUT2D eigenvalue weighted by Gasteiger charge is -1.96. The Morgan fingerprint density at radius 2 is 1.50 bits per heavy atom. The molecule has 0 fully saturated rings. The summed E-state index contributed by atoms with van der Waals surface area (Å²) in [6.07, 6.45) is 0. The number of halogens is 2. The first-order chi connectivity index (χ1) is 2.64. The number of hydrogen-bond donors (Lipinski definition) is 0. The van der Waals surface area contributed by atoms with E-state index >= 15 is 0 Å². The molecule has 0 saturated heterocycles. The average molecular weight is 214 g/mol. The molecule has 0 spiro atoms. The van der Waals surface area contributed by atoms with Crippen LogP contribution in [-0.4, -0.2) is 4.36 Å². The predicted molar refractivity (Wildman–Crippen MR) is 38.7 cm³/mol. The van der Waals surface area contributed by atoms with Gasteiger partial charge in [-0.1, -0.05) is 13.8 Å². The van der Waals surface area contributed by atoms with Crippen molar-refractivity contribution < 1.29 is 0 Å². The second-order valence-electron chi connectivity index (χ2n) is 1.58. The minimum absolute atomic E-state index is 0.477. The molecular weight excluding hydrogens is 207 g/mol. The maximum absolute atomic E-state index is 3.36. The van der Waals surface area contributed by atoms with Gasteiger partial charge in [0.05, 0.1) is 0 Å². The number of hydrogen-bond acceptors (Lipinski definition) is 0. The molecule has 0 rings (SSSR count). The fraction of sp³-hybridized carbons (Fsp3) is 1.00. The molecule has 0 aromatic rings. The van der Waals surface area contributed by atoms with Crippen LogP contribution in [0.2, 0.25) is 5.82 Å². The Morgan fingerprint density at radius 3 is 1.50 bits per heavy atom. The molecule has 0 aromatic carbocycles. The second-order valence-corrected chi connectivity index (χ2v) is 4.78. The monoisotopic (exact) mass is 212 g/mol. The Hall–Kier alpha value is 1.02. The molecule has 0 saturated carbocycles. The van der Waals surface area contributed by atoms with Gasteiger partial charge in [0, 0.05) is 0 Å². The van der Waals surface area contributed by atoms with Gasteiger partial charge < -0.3 is 0 Å². The third-order valence-corrected chi connectivity index (χ3v) is 2.62. The van der Waals surface area contributed by atoms with Crippen LogP contribution in [0.1, 0.15) is 13.8 Å². The van der Waals surface area contributed by atoms with E-state index in [0.717, 1.165) is 0 Å². The van der Waals surface area contributed by atoms with E-state index in [2.05, 4.69) is 45.4 Å². The summed E-state index contributed by atoms with van der Waals surface area (Å²) in [4.78, 5) is 0. The fourth-order valence-corrected chi connectivity index (χ4v) is 0. The first-order valence-electron chi connectivity index (χ1n) is 1.92. The maximum Gasteiger partial charge on any atom is 0.301 e. The highest BCUT2D eigenvalue weighted by atomic mass is 79.9. The summed E-state index contributed by atoms with van der Waals surface area (Å²) in [5.41, 5.74) is 0. The van der Waals surface area contributed by atoms with Crippen molar-refractivity contribution in [3.05, 3.63) is 0 Å². The highest BCUT2D eigenvalue weighted by Crippen LogP contribution is 2.17. The molecule has 0 bridgehead atoms. The van der Waals surface area contributed by atoms with Gasteiger partial charge in [-0.25, -0.2) is 0 Å². The Morgan fingerprint density at radius 1 is 1.33 bits per heavy atom. The Kier molecular flexibility index (Phi) is 3.61. The Bertz CT molecular complexity index is 29.8. The first-order valence-corrected chi connectivity index (χ1v) is 3.76. The van der Waals surface area contributed by atoms with E-state index in [-0.39, 0.29) is 0 Å². The summed E-state index contributed by atoms with van der Waals surface area (Å²) in [6.45, 7) is 4.29. The molecule has 0 N–H and O–H groups in total. The molecule has 0 unspecified atom stereocenters. The second kappa shape index (κ2) is 3.08. The molecule has 0 nitrogen and oxygen atoms in total. The van der Waals surface area contributed by atoms with Gasteiger partial charge in [0.15, 0.2) is 0 Å². The Balaban J connectivity index is 2.99. The molecule has 3 heteroatoms. The molecule has 0 heterocycles. The van der Waals surface area contributed by atoms with E-state index in [1.807, 2.05) is 0 Å².